The molecule has 0 aliphatic carbocycles. The molecule has 0 bridgehead atoms. The number of amidine groups is 1. The number of carbonyl (C=O) groups is 1. The van der Waals surface area contributed by atoms with Gasteiger partial charge in [-0.15, -0.1) is 11.3 Å². The second kappa shape index (κ2) is 6.36. The minimum atomic E-state index is -0.542. The van der Waals surface area contributed by atoms with Gasteiger partial charge in [0.15, 0.2) is 5.84 Å². The summed E-state index contributed by atoms with van der Waals surface area (Å²) in [6.45, 7) is 1.96. The van der Waals surface area contributed by atoms with Crippen LogP contribution in [0.5, 0.6) is 0 Å². The molecule has 4 N–H and O–H groups in total. The molecule has 5 nitrogen and oxygen atoms in total. The lowest BCUT2D eigenvalue weighted by atomic mass is 10.1. The third kappa shape index (κ3) is 3.19. The highest BCUT2D eigenvalue weighted by Crippen LogP contribution is 2.22. The number of carbonyl (C=O) groups excluding carboxylic acids is 1. The van der Waals surface area contributed by atoms with Crippen molar-refractivity contribution >= 4 is 28.8 Å². The topological polar surface area (TPSA) is 87.7 Å². The Balaban J connectivity index is 2.34. The number of anilines is 1. The van der Waals surface area contributed by atoms with Crippen LogP contribution in [0.1, 0.15) is 27.7 Å². The maximum atomic E-state index is 13.3. The molecule has 21 heavy (non-hydrogen) atoms. The summed E-state index contributed by atoms with van der Waals surface area (Å²) >= 11 is 1.33. The Kier molecular flexibility index (Phi) is 4.54. The molecule has 0 radical (unpaired) electrons. The minimum Gasteiger partial charge on any atom is -0.409 e. The average molecular weight is 307 g/mol. The number of nitrogens with one attached hydrogen (secondary N) is 1. The van der Waals surface area contributed by atoms with Crippen LogP contribution >= 0.6 is 11.3 Å². The van der Waals surface area contributed by atoms with E-state index in [1.807, 2.05) is 18.4 Å². The Hall–Kier alpha value is -2.41. The number of nitrogens with zero attached hydrogens (tertiary/aromatic N) is 1. The number of nitrogens with two attached hydrogens (primary N) is 1. The number of aryl methyl sites for hydroxylation is 1. The molecule has 2 rings (SSSR count). The zero-order valence-corrected chi connectivity index (χ0v) is 12.1. The fraction of sp³-hybridized carbons (Fsp3) is 0.143. The molecule has 1 aromatic carbocycles. The van der Waals surface area contributed by atoms with E-state index in [9.17, 15) is 9.18 Å². The normalized spacial score (nSPS) is 11.4. The number of hydrogen-bond donors (Lipinski definition) is 3. The lowest BCUT2D eigenvalue weighted by Gasteiger charge is -2.10. The van der Waals surface area contributed by atoms with Crippen molar-refractivity contribution < 1.29 is 14.4 Å². The number of oxime groups is 1. The summed E-state index contributed by atoms with van der Waals surface area (Å²) in [6.07, 6.45) is 0.739. The quantitative estimate of drug-likeness (QED) is 0.351. The third-order valence-corrected chi connectivity index (χ3v) is 3.90. The Bertz CT molecular complexity index is 697. The first kappa shape index (κ1) is 15.0. The molecule has 0 saturated carbocycles. The summed E-state index contributed by atoms with van der Waals surface area (Å²) in [5.41, 5.74) is 6.84. The molecule has 1 amide bonds. The van der Waals surface area contributed by atoms with Gasteiger partial charge in [-0.1, -0.05) is 12.1 Å². The number of rotatable bonds is 4. The second-order valence-corrected chi connectivity index (χ2v) is 5.17. The Morgan fingerprint density at radius 2 is 2.24 bits per heavy atom. The molecule has 0 atom stereocenters. The van der Waals surface area contributed by atoms with E-state index < -0.39 is 5.82 Å². The maximum Gasteiger partial charge on any atom is 0.266 e. The molecule has 7 heteroatoms. The van der Waals surface area contributed by atoms with E-state index in [2.05, 4.69) is 10.5 Å². The van der Waals surface area contributed by atoms with Gasteiger partial charge in [0, 0.05) is 5.56 Å². The lowest BCUT2D eigenvalue weighted by molar-refractivity contribution is 0.102. The SMILES string of the molecule is CCc1ccsc1C(=O)Nc1ccc(F)cc1/C(N)=N/O. The number of hydrogen-bond acceptors (Lipinski definition) is 4. The van der Waals surface area contributed by atoms with Crippen molar-refractivity contribution in [1.82, 2.24) is 0 Å². The molecule has 1 heterocycles. The van der Waals surface area contributed by atoms with E-state index in [-0.39, 0.29) is 23.0 Å². The van der Waals surface area contributed by atoms with Gasteiger partial charge >= 0.3 is 0 Å². The summed E-state index contributed by atoms with van der Waals surface area (Å²) in [5.74, 6) is -1.12. The summed E-state index contributed by atoms with van der Waals surface area (Å²) in [7, 11) is 0. The number of amides is 1. The monoisotopic (exact) mass is 307 g/mol. The molecule has 2 aromatic rings. The van der Waals surface area contributed by atoms with Gasteiger partial charge in [-0.3, -0.25) is 4.79 Å². The third-order valence-electron chi connectivity index (χ3n) is 2.95. The minimum absolute atomic E-state index is 0.125. The Morgan fingerprint density at radius 1 is 1.48 bits per heavy atom. The zero-order valence-electron chi connectivity index (χ0n) is 11.3. The molecule has 110 valence electrons. The van der Waals surface area contributed by atoms with Crippen LogP contribution in [0.2, 0.25) is 0 Å². The number of halogens is 1. The van der Waals surface area contributed by atoms with Gasteiger partial charge in [0.05, 0.1) is 10.6 Å². The fourth-order valence-electron chi connectivity index (χ4n) is 1.88. The highest BCUT2D eigenvalue weighted by Gasteiger charge is 2.16. The van der Waals surface area contributed by atoms with E-state index in [1.54, 1.807) is 0 Å². The molecular weight excluding hydrogens is 293 g/mol. The van der Waals surface area contributed by atoms with E-state index in [0.29, 0.717) is 4.88 Å². The van der Waals surface area contributed by atoms with Crippen molar-refractivity contribution in [2.24, 2.45) is 10.9 Å². The van der Waals surface area contributed by atoms with Crippen LogP contribution in [0.4, 0.5) is 10.1 Å². The highest BCUT2D eigenvalue weighted by atomic mass is 32.1. The van der Waals surface area contributed by atoms with Crippen LogP contribution in [0.25, 0.3) is 0 Å². The van der Waals surface area contributed by atoms with Crippen LogP contribution in [0.3, 0.4) is 0 Å². The van der Waals surface area contributed by atoms with Crippen molar-refractivity contribution in [3.8, 4) is 0 Å². The van der Waals surface area contributed by atoms with Gasteiger partial charge in [-0.25, -0.2) is 4.39 Å². The van der Waals surface area contributed by atoms with Gasteiger partial charge < -0.3 is 16.3 Å². The Labute approximate surface area is 124 Å². The molecule has 0 fully saturated rings. The van der Waals surface area contributed by atoms with Crippen LogP contribution in [-0.4, -0.2) is 17.0 Å². The molecule has 0 unspecified atom stereocenters. The van der Waals surface area contributed by atoms with Crippen molar-refractivity contribution in [3.63, 3.8) is 0 Å². The smallest absolute Gasteiger partial charge is 0.266 e. The van der Waals surface area contributed by atoms with Gasteiger partial charge in [-0.05, 0) is 41.6 Å². The largest absolute Gasteiger partial charge is 0.409 e. The van der Waals surface area contributed by atoms with E-state index in [4.69, 9.17) is 10.9 Å². The summed E-state index contributed by atoms with van der Waals surface area (Å²) in [4.78, 5) is 12.9. The maximum absolute atomic E-state index is 13.3. The van der Waals surface area contributed by atoms with E-state index >= 15 is 0 Å². The van der Waals surface area contributed by atoms with E-state index in [0.717, 1.165) is 18.1 Å². The fourth-order valence-corrected chi connectivity index (χ4v) is 2.77. The molecule has 0 saturated heterocycles. The average Bonchev–Trinajstić information content (AvgIpc) is 2.96. The number of benzene rings is 1. The summed E-state index contributed by atoms with van der Waals surface area (Å²) in [6, 6.07) is 5.55. The first-order valence-electron chi connectivity index (χ1n) is 6.22. The van der Waals surface area contributed by atoms with Crippen LogP contribution in [0.15, 0.2) is 34.8 Å². The predicted molar refractivity (Wildman–Crippen MR) is 80.6 cm³/mol. The molecular formula is C14H14FN3O2S. The molecule has 0 spiro atoms. The Morgan fingerprint density at radius 3 is 2.90 bits per heavy atom. The summed E-state index contributed by atoms with van der Waals surface area (Å²) in [5, 5.41) is 16.1. The van der Waals surface area contributed by atoms with Gasteiger partial charge in [-0.2, -0.15) is 0 Å². The molecule has 0 aliphatic heterocycles. The lowest BCUT2D eigenvalue weighted by Crippen LogP contribution is -2.19. The molecule has 0 aliphatic rings. The van der Waals surface area contributed by atoms with Crippen molar-refractivity contribution in [2.75, 3.05) is 5.32 Å². The van der Waals surface area contributed by atoms with Gasteiger partial charge in [0.25, 0.3) is 5.91 Å². The van der Waals surface area contributed by atoms with E-state index in [1.165, 1.54) is 23.5 Å². The first-order chi connectivity index (χ1) is 10.1. The zero-order chi connectivity index (χ0) is 15.4. The van der Waals surface area contributed by atoms with Gasteiger partial charge in [0.1, 0.15) is 5.82 Å². The predicted octanol–water partition coefficient (Wildman–Crippen LogP) is 2.80. The van der Waals surface area contributed by atoms with Gasteiger partial charge in [0.2, 0.25) is 0 Å². The summed E-state index contributed by atoms with van der Waals surface area (Å²) < 4.78 is 13.3. The first-order valence-corrected chi connectivity index (χ1v) is 7.10. The van der Waals surface area contributed by atoms with Crippen molar-refractivity contribution in [3.05, 3.63) is 51.5 Å². The molecule has 1 aromatic heterocycles. The standard InChI is InChI=1S/C14H14FN3O2S/c1-2-8-5-6-21-12(8)14(19)17-11-4-3-9(15)7-10(11)13(16)18-20/h3-7,20H,2H2,1H3,(H2,16,18)(H,17,19). The second-order valence-electron chi connectivity index (χ2n) is 4.26. The van der Waals surface area contributed by atoms with Crippen molar-refractivity contribution in [1.29, 1.82) is 0 Å². The van der Waals surface area contributed by atoms with Crippen molar-refractivity contribution in [2.45, 2.75) is 13.3 Å². The van der Waals surface area contributed by atoms with Crippen LogP contribution in [0, 0.1) is 5.82 Å². The van der Waals surface area contributed by atoms with Crippen LogP contribution < -0.4 is 11.1 Å². The number of thiophene rings is 1. The van der Waals surface area contributed by atoms with Crippen LogP contribution in [-0.2, 0) is 6.42 Å². The highest BCUT2D eigenvalue weighted by molar-refractivity contribution is 7.12.